The van der Waals surface area contributed by atoms with Crippen LogP contribution in [0.15, 0.2) is 71.6 Å². The van der Waals surface area contributed by atoms with E-state index in [2.05, 4.69) is 10.0 Å². The van der Waals surface area contributed by atoms with Crippen LogP contribution in [0.4, 0.5) is 20.2 Å². The van der Waals surface area contributed by atoms with Gasteiger partial charge in [-0.2, -0.15) is 5.26 Å². The smallest absolute Gasteiger partial charge is 0.255 e. The van der Waals surface area contributed by atoms with Gasteiger partial charge in [-0.3, -0.25) is 4.79 Å². The van der Waals surface area contributed by atoms with Crippen molar-refractivity contribution in [2.75, 3.05) is 10.0 Å². The van der Waals surface area contributed by atoms with E-state index in [-0.39, 0.29) is 5.91 Å². The molecule has 0 saturated carbocycles. The fourth-order valence-electron chi connectivity index (χ4n) is 2.25. The van der Waals surface area contributed by atoms with Crippen LogP contribution in [0.1, 0.15) is 15.9 Å². The fraction of sp³-hybridized carbons (Fsp3) is 0. The molecule has 0 saturated heterocycles. The third kappa shape index (κ3) is 4.84. The number of hydrogen-bond donors (Lipinski definition) is 2. The molecular formula is C20H13F2N3OS. The zero-order valence-electron chi connectivity index (χ0n) is 13.9. The highest BCUT2D eigenvalue weighted by Gasteiger charge is 2.08. The molecule has 2 N–H and O–H groups in total. The molecule has 3 aromatic carbocycles. The molecule has 4 nitrogen and oxygen atoms in total. The molecule has 0 heterocycles. The predicted molar refractivity (Wildman–Crippen MR) is 101 cm³/mol. The lowest BCUT2D eigenvalue weighted by atomic mass is 10.1. The molecule has 134 valence electrons. The Bertz CT molecular complexity index is 1030. The van der Waals surface area contributed by atoms with Gasteiger partial charge in [0.1, 0.15) is 0 Å². The van der Waals surface area contributed by atoms with Crippen LogP contribution in [0.2, 0.25) is 0 Å². The Balaban J connectivity index is 1.68. The lowest BCUT2D eigenvalue weighted by molar-refractivity contribution is 0.102. The largest absolute Gasteiger partial charge is 0.326 e. The molecule has 0 aliphatic heterocycles. The number of halogens is 2. The first-order valence-corrected chi connectivity index (χ1v) is 8.66. The van der Waals surface area contributed by atoms with Gasteiger partial charge in [0.25, 0.3) is 5.91 Å². The minimum Gasteiger partial charge on any atom is -0.326 e. The molecule has 3 rings (SSSR count). The quantitative estimate of drug-likeness (QED) is 0.596. The van der Waals surface area contributed by atoms with E-state index in [1.165, 1.54) is 6.07 Å². The summed E-state index contributed by atoms with van der Waals surface area (Å²) in [6, 6.07) is 19.0. The number of carbonyl (C=O) groups is 1. The van der Waals surface area contributed by atoms with E-state index in [0.29, 0.717) is 27.4 Å². The fourth-order valence-corrected chi connectivity index (χ4v) is 2.91. The first-order chi connectivity index (χ1) is 13.0. The van der Waals surface area contributed by atoms with Gasteiger partial charge in [0.2, 0.25) is 0 Å². The van der Waals surface area contributed by atoms with Crippen LogP contribution >= 0.6 is 11.9 Å². The summed E-state index contributed by atoms with van der Waals surface area (Å²) in [6.07, 6.45) is 0. The van der Waals surface area contributed by atoms with Crippen molar-refractivity contribution in [1.29, 1.82) is 5.26 Å². The standard InChI is InChI=1S/C20H13F2N3OS/c21-18-8-7-17(11-19(18)22)27-25-16-6-2-4-14(10-16)20(26)24-15-5-1-3-13(9-15)12-23/h1-11,25H,(H,24,26). The van der Waals surface area contributed by atoms with Crippen LogP contribution in [0, 0.1) is 23.0 Å². The van der Waals surface area contributed by atoms with Crippen LogP contribution in [0.3, 0.4) is 0 Å². The molecule has 0 bridgehead atoms. The Labute approximate surface area is 159 Å². The molecule has 3 aromatic rings. The van der Waals surface area contributed by atoms with Crippen molar-refractivity contribution in [3.63, 3.8) is 0 Å². The van der Waals surface area contributed by atoms with E-state index >= 15 is 0 Å². The van der Waals surface area contributed by atoms with E-state index in [0.717, 1.165) is 24.1 Å². The summed E-state index contributed by atoms with van der Waals surface area (Å²) >= 11 is 1.10. The normalized spacial score (nSPS) is 10.1. The highest BCUT2D eigenvalue weighted by Crippen LogP contribution is 2.23. The summed E-state index contributed by atoms with van der Waals surface area (Å²) in [7, 11) is 0. The van der Waals surface area contributed by atoms with Crippen molar-refractivity contribution in [1.82, 2.24) is 0 Å². The van der Waals surface area contributed by atoms with Gasteiger partial charge in [0.05, 0.1) is 11.6 Å². The zero-order valence-corrected chi connectivity index (χ0v) is 14.7. The molecule has 27 heavy (non-hydrogen) atoms. The molecular weight excluding hydrogens is 368 g/mol. The highest BCUT2D eigenvalue weighted by atomic mass is 32.2. The first kappa shape index (κ1) is 18.4. The maximum Gasteiger partial charge on any atom is 0.255 e. The van der Waals surface area contributed by atoms with E-state index in [1.54, 1.807) is 48.5 Å². The minimum absolute atomic E-state index is 0.327. The van der Waals surface area contributed by atoms with Crippen LogP contribution < -0.4 is 10.0 Å². The first-order valence-electron chi connectivity index (χ1n) is 7.84. The average molecular weight is 381 g/mol. The van der Waals surface area contributed by atoms with Crippen molar-refractivity contribution in [2.24, 2.45) is 0 Å². The summed E-state index contributed by atoms with van der Waals surface area (Å²) in [5.74, 6) is -2.15. The maximum atomic E-state index is 13.2. The number of nitrogens with zero attached hydrogens (tertiary/aromatic N) is 1. The Kier molecular flexibility index (Phi) is 5.69. The second-order valence-corrected chi connectivity index (χ2v) is 6.39. The lowest BCUT2D eigenvalue weighted by Gasteiger charge is -2.09. The Hall–Kier alpha value is -3.37. The highest BCUT2D eigenvalue weighted by molar-refractivity contribution is 8.00. The molecule has 0 aliphatic carbocycles. The van der Waals surface area contributed by atoms with E-state index < -0.39 is 11.6 Å². The Morgan fingerprint density at radius 3 is 2.48 bits per heavy atom. The van der Waals surface area contributed by atoms with E-state index in [4.69, 9.17) is 5.26 Å². The topological polar surface area (TPSA) is 64.9 Å². The van der Waals surface area contributed by atoms with Crippen LogP contribution in [0.25, 0.3) is 0 Å². The van der Waals surface area contributed by atoms with Gasteiger partial charge in [-0.05, 0) is 66.5 Å². The third-order valence-corrected chi connectivity index (χ3v) is 4.38. The number of rotatable bonds is 5. The predicted octanol–water partition coefficient (Wildman–Crippen LogP) is 5.21. The van der Waals surface area contributed by atoms with Gasteiger partial charge in [-0.1, -0.05) is 12.1 Å². The number of nitriles is 1. The van der Waals surface area contributed by atoms with E-state index in [1.807, 2.05) is 6.07 Å². The van der Waals surface area contributed by atoms with Gasteiger partial charge in [0.15, 0.2) is 11.6 Å². The second-order valence-electron chi connectivity index (χ2n) is 5.51. The Morgan fingerprint density at radius 1 is 0.926 bits per heavy atom. The van der Waals surface area contributed by atoms with Crippen LogP contribution in [-0.4, -0.2) is 5.91 Å². The SMILES string of the molecule is N#Cc1cccc(NC(=O)c2cccc(NSc3ccc(F)c(F)c3)c2)c1. The van der Waals surface area contributed by atoms with Crippen LogP contribution in [0.5, 0.6) is 0 Å². The number of carbonyl (C=O) groups excluding carboxylic acids is 1. The molecule has 0 atom stereocenters. The molecule has 1 amide bonds. The number of amides is 1. The van der Waals surface area contributed by atoms with Crippen LogP contribution in [-0.2, 0) is 0 Å². The maximum absolute atomic E-state index is 13.2. The summed E-state index contributed by atoms with van der Waals surface area (Å²) in [5, 5.41) is 11.6. The van der Waals surface area contributed by atoms with Crippen molar-refractivity contribution in [2.45, 2.75) is 4.90 Å². The van der Waals surface area contributed by atoms with Gasteiger partial charge in [0, 0.05) is 21.8 Å². The molecule has 7 heteroatoms. The third-order valence-electron chi connectivity index (χ3n) is 3.55. The second kappa shape index (κ2) is 8.34. The van der Waals surface area contributed by atoms with Gasteiger partial charge in [-0.15, -0.1) is 0 Å². The molecule has 0 fully saturated rings. The zero-order chi connectivity index (χ0) is 19.2. The number of benzene rings is 3. The van der Waals surface area contributed by atoms with Gasteiger partial charge < -0.3 is 10.0 Å². The molecule has 0 spiro atoms. The summed E-state index contributed by atoms with van der Waals surface area (Å²) in [4.78, 5) is 12.9. The molecule has 0 aromatic heterocycles. The summed E-state index contributed by atoms with van der Waals surface area (Å²) in [5.41, 5.74) is 2.01. The minimum atomic E-state index is -0.922. The van der Waals surface area contributed by atoms with Gasteiger partial charge >= 0.3 is 0 Å². The molecule has 0 aliphatic rings. The molecule has 0 unspecified atom stereocenters. The molecule has 0 radical (unpaired) electrons. The number of anilines is 2. The van der Waals surface area contributed by atoms with Crippen molar-refractivity contribution in [3.05, 3.63) is 89.5 Å². The summed E-state index contributed by atoms with van der Waals surface area (Å²) < 4.78 is 29.2. The lowest BCUT2D eigenvalue weighted by Crippen LogP contribution is -2.12. The number of hydrogen-bond acceptors (Lipinski definition) is 4. The Morgan fingerprint density at radius 2 is 1.70 bits per heavy atom. The monoisotopic (exact) mass is 381 g/mol. The van der Waals surface area contributed by atoms with E-state index in [9.17, 15) is 13.6 Å². The summed E-state index contributed by atoms with van der Waals surface area (Å²) in [6.45, 7) is 0. The van der Waals surface area contributed by atoms with Crippen molar-refractivity contribution < 1.29 is 13.6 Å². The number of nitrogens with one attached hydrogen (secondary N) is 2. The van der Waals surface area contributed by atoms with Crippen molar-refractivity contribution >= 4 is 29.2 Å². The van der Waals surface area contributed by atoms with Crippen molar-refractivity contribution in [3.8, 4) is 6.07 Å². The van der Waals surface area contributed by atoms with Gasteiger partial charge in [-0.25, -0.2) is 8.78 Å². The average Bonchev–Trinajstić information content (AvgIpc) is 2.69.